The van der Waals surface area contributed by atoms with E-state index in [1.54, 1.807) is 0 Å². The summed E-state index contributed by atoms with van der Waals surface area (Å²) in [5, 5.41) is 9.47. The maximum absolute atomic E-state index is 9.47. The van der Waals surface area contributed by atoms with E-state index in [4.69, 9.17) is 4.42 Å². The number of piperidine rings is 1. The lowest BCUT2D eigenvalue weighted by atomic mass is 9.94. The minimum Gasteiger partial charge on any atom is -0.444 e. The van der Waals surface area contributed by atoms with E-state index in [-0.39, 0.29) is 11.5 Å². The molecule has 1 unspecified atom stereocenters. The van der Waals surface area contributed by atoms with Crippen LogP contribution in [-0.4, -0.2) is 59.2 Å². The van der Waals surface area contributed by atoms with Gasteiger partial charge in [-0.3, -0.25) is 4.90 Å². The van der Waals surface area contributed by atoms with Crippen LogP contribution in [0.1, 0.15) is 52.2 Å². The van der Waals surface area contributed by atoms with Crippen molar-refractivity contribution in [1.82, 2.24) is 14.8 Å². The fourth-order valence-electron chi connectivity index (χ4n) is 3.19. The quantitative estimate of drug-likeness (QED) is 0.872. The van der Waals surface area contributed by atoms with Crippen LogP contribution in [0.5, 0.6) is 0 Å². The zero-order valence-corrected chi connectivity index (χ0v) is 15.4. The van der Waals surface area contributed by atoms with Crippen molar-refractivity contribution in [2.45, 2.75) is 58.6 Å². The van der Waals surface area contributed by atoms with Gasteiger partial charge in [-0.25, -0.2) is 4.98 Å². The van der Waals surface area contributed by atoms with Crippen molar-refractivity contribution in [3.05, 3.63) is 17.8 Å². The van der Waals surface area contributed by atoms with E-state index in [9.17, 15) is 5.11 Å². The Bertz CT molecular complexity index is 471. The molecule has 5 nitrogen and oxygen atoms in total. The van der Waals surface area contributed by atoms with Gasteiger partial charge in [0.05, 0.1) is 18.8 Å². The van der Waals surface area contributed by atoms with Crippen molar-refractivity contribution in [2.75, 3.05) is 33.2 Å². The van der Waals surface area contributed by atoms with E-state index in [1.165, 1.54) is 12.8 Å². The van der Waals surface area contributed by atoms with Gasteiger partial charge in [0.15, 0.2) is 0 Å². The molecule has 2 heterocycles. The summed E-state index contributed by atoms with van der Waals surface area (Å²) in [5.41, 5.74) is 0.0144. The Morgan fingerprint density at radius 1 is 1.39 bits per heavy atom. The van der Waals surface area contributed by atoms with Crippen LogP contribution >= 0.6 is 0 Å². The molecule has 1 aromatic heterocycles. The summed E-state index contributed by atoms with van der Waals surface area (Å²) in [6, 6.07) is 0. The summed E-state index contributed by atoms with van der Waals surface area (Å²) in [6.07, 6.45) is 4.04. The van der Waals surface area contributed by atoms with Crippen molar-refractivity contribution < 1.29 is 9.52 Å². The monoisotopic (exact) mass is 323 g/mol. The summed E-state index contributed by atoms with van der Waals surface area (Å²) in [7, 11) is 2.14. The lowest BCUT2D eigenvalue weighted by Crippen LogP contribution is -2.40. The molecule has 23 heavy (non-hydrogen) atoms. The zero-order chi connectivity index (χ0) is 17.0. The third kappa shape index (κ3) is 5.90. The van der Waals surface area contributed by atoms with Crippen LogP contribution in [0.4, 0.5) is 0 Å². The molecule has 2 rings (SSSR count). The van der Waals surface area contributed by atoms with Crippen LogP contribution in [-0.2, 0) is 12.0 Å². The predicted octanol–water partition coefficient (Wildman–Crippen LogP) is 2.50. The Hall–Kier alpha value is -0.910. The van der Waals surface area contributed by atoms with Gasteiger partial charge in [0.25, 0.3) is 0 Å². The van der Waals surface area contributed by atoms with E-state index in [2.05, 4.69) is 42.6 Å². The first-order valence-electron chi connectivity index (χ1n) is 8.78. The summed E-state index contributed by atoms with van der Waals surface area (Å²) in [6.45, 7) is 13.1. The van der Waals surface area contributed by atoms with Crippen LogP contribution in [0.2, 0.25) is 0 Å². The number of aromatic nitrogens is 1. The van der Waals surface area contributed by atoms with Crippen LogP contribution in [0.25, 0.3) is 0 Å². The lowest BCUT2D eigenvalue weighted by molar-refractivity contribution is 0.0909. The van der Waals surface area contributed by atoms with Crippen LogP contribution in [0.15, 0.2) is 10.6 Å². The summed E-state index contributed by atoms with van der Waals surface area (Å²) in [4.78, 5) is 9.09. The first-order chi connectivity index (χ1) is 10.7. The van der Waals surface area contributed by atoms with Crippen molar-refractivity contribution >= 4 is 0 Å². The normalized spacial score (nSPS) is 19.4. The molecule has 1 atom stereocenters. The molecule has 1 fully saturated rings. The van der Waals surface area contributed by atoms with Crippen LogP contribution in [0.3, 0.4) is 0 Å². The third-order valence-corrected chi connectivity index (χ3v) is 4.50. The molecule has 1 aliphatic rings. The smallest absolute Gasteiger partial charge is 0.208 e. The minimum absolute atomic E-state index is 0.0144. The van der Waals surface area contributed by atoms with Crippen molar-refractivity contribution in [2.24, 2.45) is 5.92 Å². The number of aliphatic hydroxyl groups excluding tert-OH is 1. The van der Waals surface area contributed by atoms with Gasteiger partial charge < -0.3 is 14.4 Å². The molecule has 0 saturated carbocycles. The second-order valence-corrected chi connectivity index (χ2v) is 8.16. The van der Waals surface area contributed by atoms with Gasteiger partial charge in [-0.1, -0.05) is 20.8 Å². The Kier molecular flexibility index (Phi) is 6.23. The van der Waals surface area contributed by atoms with Crippen molar-refractivity contribution in [3.63, 3.8) is 0 Å². The molecule has 0 amide bonds. The summed E-state index contributed by atoms with van der Waals surface area (Å²) in [5.74, 6) is 2.48. The van der Waals surface area contributed by atoms with Gasteiger partial charge in [0.2, 0.25) is 5.89 Å². The Labute approximate surface area is 140 Å². The molecule has 1 aromatic rings. The van der Waals surface area contributed by atoms with E-state index in [1.807, 2.05) is 13.1 Å². The van der Waals surface area contributed by atoms with Crippen LogP contribution < -0.4 is 0 Å². The number of rotatable bonds is 6. The lowest BCUT2D eigenvalue weighted by Gasteiger charge is -2.34. The molecule has 0 bridgehead atoms. The van der Waals surface area contributed by atoms with E-state index >= 15 is 0 Å². The SMILES string of the molecule is CC(O)CN1CCC(CN(C)Cc2ncc(C(C)(C)C)o2)CC1. The van der Waals surface area contributed by atoms with Crippen molar-refractivity contribution in [1.29, 1.82) is 0 Å². The predicted molar refractivity (Wildman–Crippen MR) is 92.4 cm³/mol. The second-order valence-electron chi connectivity index (χ2n) is 8.16. The highest BCUT2D eigenvalue weighted by molar-refractivity contribution is 5.05. The highest BCUT2D eigenvalue weighted by atomic mass is 16.4. The van der Waals surface area contributed by atoms with E-state index < -0.39 is 0 Å². The van der Waals surface area contributed by atoms with Gasteiger partial charge in [-0.15, -0.1) is 0 Å². The van der Waals surface area contributed by atoms with Crippen LogP contribution in [0, 0.1) is 5.92 Å². The van der Waals surface area contributed by atoms with Gasteiger partial charge in [-0.05, 0) is 45.8 Å². The summed E-state index contributed by atoms with van der Waals surface area (Å²) < 4.78 is 5.88. The summed E-state index contributed by atoms with van der Waals surface area (Å²) >= 11 is 0. The largest absolute Gasteiger partial charge is 0.444 e. The molecule has 0 spiro atoms. The highest BCUT2D eigenvalue weighted by Crippen LogP contribution is 2.23. The number of likely N-dealkylation sites (tertiary alicyclic amines) is 1. The molecule has 1 saturated heterocycles. The Balaban J connectivity index is 1.75. The molecule has 1 aliphatic heterocycles. The third-order valence-electron chi connectivity index (χ3n) is 4.50. The minimum atomic E-state index is -0.226. The molecular formula is C18H33N3O2. The van der Waals surface area contributed by atoms with Gasteiger partial charge in [-0.2, -0.15) is 0 Å². The second kappa shape index (κ2) is 7.77. The molecule has 0 aliphatic carbocycles. The average Bonchev–Trinajstić information content (AvgIpc) is 2.89. The zero-order valence-electron chi connectivity index (χ0n) is 15.4. The van der Waals surface area contributed by atoms with Gasteiger partial charge in [0.1, 0.15) is 5.76 Å². The Morgan fingerprint density at radius 3 is 2.57 bits per heavy atom. The van der Waals surface area contributed by atoms with E-state index in [0.29, 0.717) is 0 Å². The number of hydrogen-bond donors (Lipinski definition) is 1. The maximum atomic E-state index is 9.47. The number of aliphatic hydroxyl groups is 1. The first kappa shape index (κ1) is 18.4. The fraction of sp³-hybridized carbons (Fsp3) is 0.833. The Morgan fingerprint density at radius 2 is 2.04 bits per heavy atom. The average molecular weight is 323 g/mol. The molecule has 5 heteroatoms. The number of oxazole rings is 1. The van der Waals surface area contributed by atoms with Gasteiger partial charge in [0, 0.05) is 18.5 Å². The highest BCUT2D eigenvalue weighted by Gasteiger charge is 2.23. The van der Waals surface area contributed by atoms with Crippen molar-refractivity contribution in [3.8, 4) is 0 Å². The fourth-order valence-corrected chi connectivity index (χ4v) is 3.19. The topological polar surface area (TPSA) is 52.7 Å². The first-order valence-corrected chi connectivity index (χ1v) is 8.78. The molecule has 1 N–H and O–H groups in total. The number of β-amino-alcohol motifs (C(OH)–C–C–N with tert-alkyl or cyclic N) is 1. The maximum Gasteiger partial charge on any atom is 0.208 e. The van der Waals surface area contributed by atoms with E-state index in [0.717, 1.165) is 50.3 Å². The standard InChI is InChI=1S/C18H33N3O2/c1-14(22)11-21-8-6-15(7-9-21)12-20(5)13-17-19-10-16(23-17)18(2,3)4/h10,14-15,22H,6-9,11-13H2,1-5H3. The molecule has 0 radical (unpaired) electrons. The molecule has 0 aromatic carbocycles. The molecule has 132 valence electrons. The molecular weight excluding hydrogens is 290 g/mol. The number of hydrogen-bond acceptors (Lipinski definition) is 5. The van der Waals surface area contributed by atoms with Gasteiger partial charge >= 0.3 is 0 Å². The number of nitrogens with zero attached hydrogens (tertiary/aromatic N) is 3.